The molecule has 0 aliphatic carbocycles. The number of carbonyl (C=O) groups is 3. The average Bonchev–Trinajstić information content (AvgIpc) is 3.46. The molecule has 0 fully saturated rings. The summed E-state index contributed by atoms with van der Waals surface area (Å²) in [6.45, 7) is 1.54. The molecule has 1 aromatic heterocycles. The van der Waals surface area contributed by atoms with E-state index in [9.17, 15) is 24.5 Å². The Balaban J connectivity index is 1.54. The fraction of sp³-hybridized carbons (Fsp3) is 0.192. The molecule has 3 N–H and O–H groups in total. The van der Waals surface area contributed by atoms with Gasteiger partial charge >= 0.3 is 18.0 Å². The smallest absolute Gasteiger partial charge is 0.338 e. The van der Waals surface area contributed by atoms with E-state index in [1.807, 2.05) is 30.3 Å². The maximum Gasteiger partial charge on any atom is 0.338 e. The molecule has 1 aliphatic rings. The standard InChI is InChI=1S/C26H24N4O8/c1-2-36-25(32)22-19(28-26(33)29-23(22)21-9-6-12-37-21)15-38-24(31)17-10-11-18(20(13-17)30(34)35)27-14-16-7-4-3-5-8-16/h3-13,23,27H,2,14-15H2,1H3,(H2,28,29,33). The van der Waals surface area contributed by atoms with Crippen LogP contribution in [0, 0.1) is 10.1 Å². The van der Waals surface area contributed by atoms with Crippen molar-refractivity contribution in [3.63, 3.8) is 0 Å². The number of urea groups is 1. The third kappa shape index (κ3) is 5.98. The van der Waals surface area contributed by atoms with Crippen LogP contribution in [0.1, 0.15) is 34.6 Å². The first kappa shape index (κ1) is 25.9. The van der Waals surface area contributed by atoms with E-state index in [0.29, 0.717) is 6.54 Å². The molecule has 0 bridgehead atoms. The summed E-state index contributed by atoms with van der Waals surface area (Å²) in [7, 11) is 0. The number of amides is 2. The van der Waals surface area contributed by atoms with Crippen LogP contribution < -0.4 is 16.0 Å². The first-order valence-electron chi connectivity index (χ1n) is 11.6. The van der Waals surface area contributed by atoms with E-state index in [-0.39, 0.29) is 40.6 Å². The van der Waals surface area contributed by atoms with Crippen molar-refractivity contribution in [1.29, 1.82) is 0 Å². The van der Waals surface area contributed by atoms with Crippen molar-refractivity contribution in [3.05, 3.63) is 105 Å². The van der Waals surface area contributed by atoms with E-state index in [2.05, 4.69) is 16.0 Å². The Morgan fingerprint density at radius 2 is 1.87 bits per heavy atom. The zero-order valence-corrected chi connectivity index (χ0v) is 20.3. The Hall–Kier alpha value is -5.13. The third-order valence-corrected chi connectivity index (χ3v) is 5.58. The lowest BCUT2D eigenvalue weighted by atomic mass is 10.0. The summed E-state index contributed by atoms with van der Waals surface area (Å²) in [5, 5.41) is 19.7. The molecular weight excluding hydrogens is 496 g/mol. The first-order chi connectivity index (χ1) is 18.4. The quantitative estimate of drug-likeness (QED) is 0.205. The monoisotopic (exact) mass is 520 g/mol. The molecule has 0 radical (unpaired) electrons. The minimum atomic E-state index is -0.970. The van der Waals surface area contributed by atoms with Crippen molar-refractivity contribution < 1.29 is 33.2 Å². The minimum absolute atomic E-state index is 0.000593. The largest absolute Gasteiger partial charge is 0.467 e. The number of esters is 2. The molecule has 1 aliphatic heterocycles. The molecule has 1 atom stereocenters. The van der Waals surface area contributed by atoms with Crippen molar-refractivity contribution in [2.45, 2.75) is 19.5 Å². The van der Waals surface area contributed by atoms with E-state index >= 15 is 0 Å². The second-order valence-corrected chi connectivity index (χ2v) is 8.06. The second kappa shape index (κ2) is 11.7. The van der Waals surface area contributed by atoms with Gasteiger partial charge in [0.1, 0.15) is 24.1 Å². The summed E-state index contributed by atoms with van der Waals surface area (Å²) in [5.74, 6) is -1.35. The van der Waals surface area contributed by atoms with E-state index in [1.165, 1.54) is 18.4 Å². The minimum Gasteiger partial charge on any atom is -0.467 e. The van der Waals surface area contributed by atoms with E-state index in [0.717, 1.165) is 11.6 Å². The molecule has 196 valence electrons. The van der Waals surface area contributed by atoms with Crippen molar-refractivity contribution in [2.24, 2.45) is 0 Å². The lowest BCUT2D eigenvalue weighted by Gasteiger charge is -2.27. The van der Waals surface area contributed by atoms with Crippen LogP contribution in [0.3, 0.4) is 0 Å². The molecule has 2 amide bonds. The zero-order chi connectivity index (χ0) is 27.1. The lowest BCUT2D eigenvalue weighted by molar-refractivity contribution is -0.384. The molecule has 0 saturated heterocycles. The van der Waals surface area contributed by atoms with Gasteiger partial charge in [0.2, 0.25) is 0 Å². The Morgan fingerprint density at radius 1 is 1.08 bits per heavy atom. The van der Waals surface area contributed by atoms with E-state index in [1.54, 1.807) is 19.1 Å². The summed E-state index contributed by atoms with van der Waals surface area (Å²) in [4.78, 5) is 48.8. The van der Waals surface area contributed by atoms with Gasteiger partial charge < -0.3 is 29.8 Å². The molecule has 0 saturated carbocycles. The van der Waals surface area contributed by atoms with Crippen LogP contribution in [-0.2, 0) is 20.8 Å². The van der Waals surface area contributed by atoms with Gasteiger partial charge in [-0.15, -0.1) is 0 Å². The van der Waals surface area contributed by atoms with Crippen molar-refractivity contribution in [2.75, 3.05) is 18.5 Å². The number of hydrogen-bond acceptors (Lipinski definition) is 9. The number of hydrogen-bond donors (Lipinski definition) is 3. The number of nitrogens with one attached hydrogen (secondary N) is 3. The molecule has 4 rings (SSSR count). The molecule has 38 heavy (non-hydrogen) atoms. The normalized spacial score (nSPS) is 14.8. The summed E-state index contributed by atoms with van der Waals surface area (Å²) in [6, 6.07) is 14.8. The zero-order valence-electron chi connectivity index (χ0n) is 20.3. The SMILES string of the molecule is CCOC(=O)C1=C(COC(=O)c2ccc(NCc3ccccc3)c([N+](=O)[O-])c2)NC(=O)NC1c1ccco1. The Labute approximate surface area is 216 Å². The third-order valence-electron chi connectivity index (χ3n) is 5.58. The van der Waals surface area contributed by atoms with Crippen LogP contribution in [0.2, 0.25) is 0 Å². The van der Waals surface area contributed by atoms with Crippen LogP contribution in [0.15, 0.2) is 82.6 Å². The topological polar surface area (TPSA) is 162 Å². The summed E-state index contributed by atoms with van der Waals surface area (Å²) in [5.41, 5.74) is 0.763. The second-order valence-electron chi connectivity index (χ2n) is 8.06. The highest BCUT2D eigenvalue weighted by Gasteiger charge is 2.35. The average molecular weight is 520 g/mol. The molecule has 3 aromatic rings. The van der Waals surface area contributed by atoms with Crippen LogP contribution in [0.25, 0.3) is 0 Å². The van der Waals surface area contributed by atoms with Gasteiger partial charge in [-0.1, -0.05) is 30.3 Å². The van der Waals surface area contributed by atoms with Crippen LogP contribution in [-0.4, -0.2) is 36.1 Å². The van der Waals surface area contributed by atoms with Gasteiger partial charge in [-0.05, 0) is 36.8 Å². The number of rotatable bonds is 10. The molecule has 0 spiro atoms. The van der Waals surface area contributed by atoms with Gasteiger partial charge in [-0.3, -0.25) is 10.1 Å². The fourth-order valence-corrected chi connectivity index (χ4v) is 3.82. The molecule has 12 heteroatoms. The highest BCUT2D eigenvalue weighted by atomic mass is 16.6. The Bertz CT molecular complexity index is 1370. The van der Waals surface area contributed by atoms with Crippen molar-refractivity contribution in [3.8, 4) is 0 Å². The number of ether oxygens (including phenoxy) is 2. The highest BCUT2D eigenvalue weighted by Crippen LogP contribution is 2.29. The number of nitrogens with zero attached hydrogens (tertiary/aromatic N) is 1. The number of carbonyl (C=O) groups excluding carboxylic acids is 3. The number of furan rings is 1. The maximum atomic E-state index is 12.8. The summed E-state index contributed by atoms with van der Waals surface area (Å²) < 4.78 is 15.8. The predicted molar refractivity (Wildman–Crippen MR) is 134 cm³/mol. The van der Waals surface area contributed by atoms with Crippen LogP contribution in [0.4, 0.5) is 16.2 Å². The van der Waals surface area contributed by atoms with Gasteiger partial charge in [-0.25, -0.2) is 14.4 Å². The predicted octanol–water partition coefficient (Wildman–Crippen LogP) is 3.83. The molecule has 1 unspecified atom stereocenters. The van der Waals surface area contributed by atoms with Crippen LogP contribution >= 0.6 is 0 Å². The number of anilines is 1. The number of nitro groups is 1. The fourth-order valence-electron chi connectivity index (χ4n) is 3.82. The highest BCUT2D eigenvalue weighted by molar-refractivity contribution is 5.95. The number of benzene rings is 2. The molecule has 12 nitrogen and oxygen atoms in total. The molecular formula is C26H24N4O8. The summed E-state index contributed by atoms with van der Waals surface area (Å²) in [6.07, 6.45) is 1.39. The van der Waals surface area contributed by atoms with Gasteiger partial charge in [0, 0.05) is 12.6 Å². The number of nitro benzene ring substituents is 1. The first-order valence-corrected chi connectivity index (χ1v) is 11.6. The molecule has 2 aromatic carbocycles. The van der Waals surface area contributed by atoms with Gasteiger partial charge in [0.25, 0.3) is 5.69 Å². The Kier molecular flexibility index (Phi) is 8.01. The van der Waals surface area contributed by atoms with Crippen molar-refractivity contribution in [1.82, 2.24) is 10.6 Å². The van der Waals surface area contributed by atoms with Gasteiger partial charge in [-0.2, -0.15) is 0 Å². The van der Waals surface area contributed by atoms with E-state index < -0.39 is 35.5 Å². The molecule has 2 heterocycles. The summed E-state index contributed by atoms with van der Waals surface area (Å²) >= 11 is 0. The Morgan fingerprint density at radius 3 is 2.55 bits per heavy atom. The van der Waals surface area contributed by atoms with Crippen molar-refractivity contribution >= 4 is 29.3 Å². The van der Waals surface area contributed by atoms with Gasteiger partial charge in [0.15, 0.2) is 0 Å². The van der Waals surface area contributed by atoms with Gasteiger partial charge in [0.05, 0.1) is 34.6 Å². The maximum absolute atomic E-state index is 12.8. The lowest BCUT2D eigenvalue weighted by Crippen LogP contribution is -2.47. The van der Waals surface area contributed by atoms with Crippen LogP contribution in [0.5, 0.6) is 0 Å². The van der Waals surface area contributed by atoms with E-state index in [4.69, 9.17) is 13.9 Å².